The summed E-state index contributed by atoms with van der Waals surface area (Å²) < 4.78 is 0. The van der Waals surface area contributed by atoms with Gasteiger partial charge in [0.2, 0.25) is 5.91 Å². The summed E-state index contributed by atoms with van der Waals surface area (Å²) in [5.74, 6) is -1.63. The Balaban J connectivity index is 1.75. The van der Waals surface area contributed by atoms with Crippen LogP contribution < -0.4 is 16.8 Å². The fraction of sp³-hybridized carbons (Fsp3) is 0.412. The van der Waals surface area contributed by atoms with Crippen molar-refractivity contribution >= 4 is 29.4 Å². The number of benzene rings is 1. The van der Waals surface area contributed by atoms with E-state index in [0.717, 1.165) is 0 Å². The number of guanidine groups is 1. The molecule has 2 rings (SSSR count). The van der Waals surface area contributed by atoms with E-state index in [1.807, 2.05) is 0 Å². The van der Waals surface area contributed by atoms with E-state index in [1.165, 1.54) is 0 Å². The number of piperidine rings is 1. The lowest BCUT2D eigenvalue weighted by Gasteiger charge is -2.30. The summed E-state index contributed by atoms with van der Waals surface area (Å²) >= 11 is 0. The molecule has 1 aliphatic rings. The lowest BCUT2D eigenvalue weighted by atomic mass is 9.97. The average Bonchev–Trinajstić information content (AvgIpc) is 2.61. The van der Waals surface area contributed by atoms with E-state index in [9.17, 15) is 14.4 Å². The molecule has 1 saturated heterocycles. The van der Waals surface area contributed by atoms with E-state index in [1.54, 1.807) is 29.2 Å². The Kier molecular flexibility index (Phi) is 6.54. The van der Waals surface area contributed by atoms with Gasteiger partial charge in [-0.1, -0.05) is 0 Å². The molecule has 26 heavy (non-hydrogen) atoms. The number of rotatable bonds is 6. The lowest BCUT2D eigenvalue weighted by Crippen LogP contribution is -2.41. The zero-order chi connectivity index (χ0) is 19.1. The van der Waals surface area contributed by atoms with Crippen LogP contribution in [0.3, 0.4) is 0 Å². The number of carbonyl (C=O) groups is 3. The van der Waals surface area contributed by atoms with Gasteiger partial charge in [-0.05, 0) is 37.1 Å². The molecule has 1 fully saturated rings. The van der Waals surface area contributed by atoms with Crippen molar-refractivity contribution in [3.63, 3.8) is 0 Å². The predicted octanol–water partition coefficient (Wildman–Crippen LogP) is 0.0346. The van der Waals surface area contributed by atoms with Gasteiger partial charge in [-0.25, -0.2) is 4.99 Å². The Hall–Kier alpha value is -3.10. The van der Waals surface area contributed by atoms with Crippen molar-refractivity contribution in [1.29, 1.82) is 0 Å². The highest BCUT2D eigenvalue weighted by Gasteiger charge is 2.26. The maximum Gasteiger partial charge on any atom is 0.306 e. The summed E-state index contributed by atoms with van der Waals surface area (Å²) in [4.78, 5) is 40.6. The van der Waals surface area contributed by atoms with E-state index in [2.05, 4.69) is 10.3 Å². The topological polar surface area (TPSA) is 151 Å². The fourth-order valence-electron chi connectivity index (χ4n) is 2.76. The third kappa shape index (κ3) is 5.47. The molecule has 6 N–H and O–H groups in total. The smallest absolute Gasteiger partial charge is 0.306 e. The van der Waals surface area contributed by atoms with Crippen LogP contribution in [0.2, 0.25) is 0 Å². The quantitative estimate of drug-likeness (QED) is 0.415. The average molecular weight is 361 g/mol. The Labute approximate surface area is 151 Å². The molecule has 1 heterocycles. The van der Waals surface area contributed by atoms with Crippen LogP contribution in [0.15, 0.2) is 29.3 Å². The molecule has 1 aromatic carbocycles. The van der Waals surface area contributed by atoms with Crippen LogP contribution in [-0.2, 0) is 9.59 Å². The highest BCUT2D eigenvalue weighted by molar-refractivity contribution is 5.94. The van der Waals surface area contributed by atoms with Crippen molar-refractivity contribution in [3.8, 4) is 0 Å². The van der Waals surface area contributed by atoms with Crippen LogP contribution in [0.5, 0.6) is 0 Å². The first-order valence-corrected chi connectivity index (χ1v) is 8.35. The molecule has 0 spiro atoms. The molecule has 1 aliphatic heterocycles. The Bertz CT molecular complexity index is 690. The molecule has 1 aromatic rings. The maximum atomic E-state index is 12.1. The van der Waals surface area contributed by atoms with Gasteiger partial charge < -0.3 is 26.8 Å². The summed E-state index contributed by atoms with van der Waals surface area (Å²) in [7, 11) is 0. The molecule has 0 radical (unpaired) electrons. The van der Waals surface area contributed by atoms with Gasteiger partial charge in [-0.2, -0.15) is 0 Å². The van der Waals surface area contributed by atoms with Crippen molar-refractivity contribution in [2.24, 2.45) is 22.4 Å². The third-order valence-electron chi connectivity index (χ3n) is 4.21. The number of likely N-dealkylation sites (tertiary alicyclic amines) is 1. The number of nitrogens with zero attached hydrogens (tertiary/aromatic N) is 2. The second-order valence-corrected chi connectivity index (χ2v) is 6.08. The lowest BCUT2D eigenvalue weighted by molar-refractivity contribution is -0.145. The molecule has 2 amide bonds. The molecule has 0 saturated carbocycles. The van der Waals surface area contributed by atoms with Crippen LogP contribution in [0.25, 0.3) is 0 Å². The first-order valence-electron chi connectivity index (χ1n) is 8.35. The van der Waals surface area contributed by atoms with E-state index in [0.29, 0.717) is 37.2 Å². The maximum absolute atomic E-state index is 12.1. The molecule has 0 aliphatic carbocycles. The number of nitrogens with one attached hydrogen (secondary N) is 1. The summed E-state index contributed by atoms with van der Waals surface area (Å²) in [6.45, 7) is 1.10. The highest BCUT2D eigenvalue weighted by atomic mass is 16.4. The summed E-state index contributed by atoms with van der Waals surface area (Å²) in [5.41, 5.74) is 11.5. The van der Waals surface area contributed by atoms with Gasteiger partial charge >= 0.3 is 5.97 Å². The van der Waals surface area contributed by atoms with Gasteiger partial charge in [0.1, 0.15) is 0 Å². The molecule has 0 bridgehead atoms. The minimum Gasteiger partial charge on any atom is -0.481 e. The Morgan fingerprint density at radius 2 is 1.77 bits per heavy atom. The van der Waals surface area contributed by atoms with Gasteiger partial charge in [0.25, 0.3) is 5.91 Å². The number of carbonyl (C=O) groups excluding carboxylic acids is 2. The van der Waals surface area contributed by atoms with E-state index >= 15 is 0 Å². The minimum absolute atomic E-state index is 0.0619. The minimum atomic E-state index is -0.810. The Morgan fingerprint density at radius 1 is 1.15 bits per heavy atom. The van der Waals surface area contributed by atoms with Crippen LogP contribution in [0.4, 0.5) is 5.69 Å². The molecular formula is C17H23N5O4. The number of nitrogens with two attached hydrogens (primary N) is 2. The second kappa shape index (κ2) is 8.84. The van der Waals surface area contributed by atoms with Crippen molar-refractivity contribution in [3.05, 3.63) is 29.8 Å². The standard InChI is InChI=1S/C17H23N5O4/c18-17(19)21-13-3-1-11(2-4-13)15(24)20-8-5-14(23)22-9-6-12(7-10-22)16(25)26/h1-4,12H,5-10H2,(H,20,24)(H,25,26)(H4,18,19,21). The first-order chi connectivity index (χ1) is 12.4. The normalized spacial score (nSPS) is 14.5. The predicted molar refractivity (Wildman–Crippen MR) is 95.8 cm³/mol. The van der Waals surface area contributed by atoms with E-state index in [4.69, 9.17) is 16.6 Å². The molecule has 0 unspecified atom stereocenters. The number of carboxylic acid groups (broad SMARTS) is 1. The van der Waals surface area contributed by atoms with Crippen molar-refractivity contribution in [1.82, 2.24) is 10.2 Å². The molecule has 9 nitrogen and oxygen atoms in total. The molecule has 0 atom stereocenters. The van der Waals surface area contributed by atoms with Crippen LogP contribution in [0.1, 0.15) is 29.6 Å². The second-order valence-electron chi connectivity index (χ2n) is 6.08. The number of hydrogen-bond acceptors (Lipinski definition) is 4. The van der Waals surface area contributed by atoms with Gasteiger partial charge in [0, 0.05) is 31.6 Å². The van der Waals surface area contributed by atoms with Crippen LogP contribution >= 0.6 is 0 Å². The first kappa shape index (κ1) is 19.2. The molecule has 0 aromatic heterocycles. The Morgan fingerprint density at radius 3 is 2.31 bits per heavy atom. The van der Waals surface area contributed by atoms with E-state index in [-0.39, 0.29) is 36.7 Å². The fourth-order valence-corrected chi connectivity index (χ4v) is 2.76. The van der Waals surface area contributed by atoms with Crippen LogP contribution in [0, 0.1) is 5.92 Å². The number of aliphatic carboxylic acids is 1. The molecular weight excluding hydrogens is 338 g/mol. The number of amides is 2. The van der Waals surface area contributed by atoms with Gasteiger partial charge in [-0.15, -0.1) is 0 Å². The molecule has 9 heteroatoms. The van der Waals surface area contributed by atoms with Gasteiger partial charge in [-0.3, -0.25) is 14.4 Å². The zero-order valence-electron chi connectivity index (χ0n) is 14.4. The number of carboxylic acids is 1. The summed E-state index contributed by atoms with van der Waals surface area (Å²) in [6.07, 6.45) is 1.11. The van der Waals surface area contributed by atoms with Crippen molar-refractivity contribution < 1.29 is 19.5 Å². The van der Waals surface area contributed by atoms with Crippen molar-refractivity contribution in [2.45, 2.75) is 19.3 Å². The summed E-state index contributed by atoms with van der Waals surface area (Å²) in [6, 6.07) is 6.42. The number of hydrogen-bond donors (Lipinski definition) is 4. The number of aliphatic imine (C=N–C) groups is 1. The third-order valence-corrected chi connectivity index (χ3v) is 4.21. The van der Waals surface area contributed by atoms with Crippen LogP contribution in [-0.4, -0.2) is 53.4 Å². The van der Waals surface area contributed by atoms with Crippen molar-refractivity contribution in [2.75, 3.05) is 19.6 Å². The van der Waals surface area contributed by atoms with Gasteiger partial charge in [0.15, 0.2) is 5.96 Å². The highest BCUT2D eigenvalue weighted by Crippen LogP contribution is 2.17. The van der Waals surface area contributed by atoms with E-state index < -0.39 is 5.97 Å². The zero-order valence-corrected chi connectivity index (χ0v) is 14.4. The summed E-state index contributed by atoms with van der Waals surface area (Å²) in [5, 5.41) is 11.7. The largest absolute Gasteiger partial charge is 0.481 e. The SMILES string of the molecule is NC(N)=Nc1ccc(C(=O)NCCC(=O)N2CCC(C(=O)O)CC2)cc1. The van der Waals surface area contributed by atoms with Gasteiger partial charge in [0.05, 0.1) is 11.6 Å². The molecule has 140 valence electrons. The monoisotopic (exact) mass is 361 g/mol.